The van der Waals surface area contributed by atoms with Crippen LogP contribution in [0.4, 0.5) is 4.39 Å². The lowest BCUT2D eigenvalue weighted by molar-refractivity contribution is -0.148. The average molecular weight is 468 g/mol. The number of nitrogens with zero attached hydrogens (tertiary/aromatic N) is 3. The topological polar surface area (TPSA) is 62.7 Å². The lowest BCUT2D eigenvalue weighted by atomic mass is 9.81. The summed E-state index contributed by atoms with van der Waals surface area (Å²) >= 11 is 0. The molecule has 2 fully saturated rings. The highest BCUT2D eigenvalue weighted by Crippen LogP contribution is 2.32. The maximum absolute atomic E-state index is 14.5. The highest BCUT2D eigenvalue weighted by Gasteiger charge is 2.39. The predicted octanol–water partition coefficient (Wildman–Crippen LogP) is 3.72. The molecule has 0 spiro atoms. The Morgan fingerprint density at radius 3 is 2.53 bits per heavy atom. The molecule has 1 aliphatic carbocycles. The Hall–Kier alpha value is -2.64. The molecule has 1 aliphatic heterocycles. The number of carbonyl (C=O) groups is 2. The van der Waals surface area contributed by atoms with Gasteiger partial charge in [0.1, 0.15) is 5.82 Å². The van der Waals surface area contributed by atoms with Gasteiger partial charge in [-0.1, -0.05) is 0 Å². The van der Waals surface area contributed by atoms with Crippen molar-refractivity contribution in [2.24, 2.45) is 5.92 Å². The van der Waals surface area contributed by atoms with E-state index in [9.17, 15) is 14.0 Å². The second-order valence-electron chi connectivity index (χ2n) is 9.78. The van der Waals surface area contributed by atoms with Crippen molar-refractivity contribution in [1.29, 1.82) is 0 Å². The molecule has 1 saturated carbocycles. The maximum Gasteiger partial charge on any atom is 0.226 e. The zero-order valence-electron chi connectivity index (χ0n) is 20.5. The second-order valence-corrected chi connectivity index (χ2v) is 9.78. The number of aromatic nitrogens is 1. The molecular formula is C27H34FN3O3. The van der Waals surface area contributed by atoms with Crippen LogP contribution in [0.3, 0.4) is 0 Å². The monoisotopic (exact) mass is 467 g/mol. The third kappa shape index (κ3) is 5.36. The molecule has 6 nitrogen and oxygen atoms in total. The maximum atomic E-state index is 14.5. The van der Waals surface area contributed by atoms with E-state index < -0.39 is 0 Å². The molecule has 1 aromatic carbocycles. The van der Waals surface area contributed by atoms with Crippen molar-refractivity contribution in [3.05, 3.63) is 64.2 Å². The van der Waals surface area contributed by atoms with Crippen LogP contribution < -0.4 is 0 Å². The first-order valence-corrected chi connectivity index (χ1v) is 12.0. The number of amides is 1. The minimum absolute atomic E-state index is 0.0698. The van der Waals surface area contributed by atoms with Crippen LogP contribution in [-0.4, -0.2) is 65.4 Å². The van der Waals surface area contributed by atoms with Gasteiger partial charge in [-0.25, -0.2) is 4.39 Å². The van der Waals surface area contributed by atoms with Crippen LogP contribution in [0.15, 0.2) is 30.5 Å². The van der Waals surface area contributed by atoms with E-state index >= 15 is 0 Å². The summed E-state index contributed by atoms with van der Waals surface area (Å²) in [6.07, 6.45) is 3.55. The SMILES string of the molecule is COC1CC(C(=O)N2CCN(Cc3cc(F)cc(CC(=O)c4ccc(C)nc4)c3C)C[C@@H]2C)C1. The van der Waals surface area contributed by atoms with Gasteiger partial charge in [0.05, 0.1) is 6.10 Å². The normalized spacial score (nSPS) is 23.0. The zero-order valence-corrected chi connectivity index (χ0v) is 20.5. The van der Waals surface area contributed by atoms with Crippen LogP contribution >= 0.6 is 0 Å². The molecule has 0 radical (unpaired) electrons. The molecule has 0 unspecified atom stereocenters. The van der Waals surface area contributed by atoms with Crippen molar-refractivity contribution < 1.29 is 18.7 Å². The fourth-order valence-electron chi connectivity index (χ4n) is 4.99. The van der Waals surface area contributed by atoms with E-state index in [2.05, 4.69) is 16.8 Å². The van der Waals surface area contributed by atoms with E-state index in [-0.39, 0.29) is 42.0 Å². The Bertz CT molecular complexity index is 1050. The number of piperazine rings is 1. The van der Waals surface area contributed by atoms with E-state index in [1.165, 1.54) is 6.07 Å². The molecule has 2 aliphatic rings. The Morgan fingerprint density at radius 1 is 1.15 bits per heavy atom. The van der Waals surface area contributed by atoms with Crippen molar-refractivity contribution in [3.63, 3.8) is 0 Å². The number of hydrogen-bond acceptors (Lipinski definition) is 5. The molecule has 1 amide bonds. The number of aryl methyl sites for hydroxylation is 1. The largest absolute Gasteiger partial charge is 0.381 e. The van der Waals surface area contributed by atoms with E-state index in [4.69, 9.17) is 4.74 Å². The number of hydrogen-bond donors (Lipinski definition) is 0. The number of carbonyl (C=O) groups excluding carboxylic acids is 2. The summed E-state index contributed by atoms with van der Waals surface area (Å²) < 4.78 is 19.8. The third-order valence-electron chi connectivity index (χ3n) is 7.34. The highest BCUT2D eigenvalue weighted by atomic mass is 19.1. The van der Waals surface area contributed by atoms with E-state index in [0.717, 1.165) is 42.8 Å². The first-order chi connectivity index (χ1) is 16.2. The molecule has 2 heterocycles. The molecule has 0 bridgehead atoms. The van der Waals surface area contributed by atoms with Crippen molar-refractivity contribution >= 4 is 11.7 Å². The van der Waals surface area contributed by atoms with Gasteiger partial charge in [-0.05, 0) is 74.6 Å². The van der Waals surface area contributed by atoms with Gasteiger partial charge in [0.25, 0.3) is 0 Å². The number of ketones is 1. The summed E-state index contributed by atoms with van der Waals surface area (Å²) in [5.74, 6) is -0.0911. The molecule has 34 heavy (non-hydrogen) atoms. The smallest absolute Gasteiger partial charge is 0.226 e. The average Bonchev–Trinajstić information content (AvgIpc) is 2.76. The molecule has 0 N–H and O–H groups in total. The van der Waals surface area contributed by atoms with Gasteiger partial charge in [-0.3, -0.25) is 19.5 Å². The first kappa shape index (κ1) is 24.5. The number of Topliss-reactive ketones (excluding diaryl/α,β-unsaturated/α-hetero) is 1. The Kier molecular flexibility index (Phi) is 7.43. The van der Waals surface area contributed by atoms with Crippen LogP contribution in [0.1, 0.15) is 52.5 Å². The fraction of sp³-hybridized carbons (Fsp3) is 0.519. The predicted molar refractivity (Wildman–Crippen MR) is 128 cm³/mol. The number of pyridine rings is 1. The van der Waals surface area contributed by atoms with E-state index in [1.54, 1.807) is 25.4 Å². The number of halogens is 1. The Balaban J connectivity index is 1.39. The summed E-state index contributed by atoms with van der Waals surface area (Å²) in [7, 11) is 1.70. The standard InChI is InChI=1S/C27H34FN3O3/c1-17-5-6-20(14-29-17)26(32)13-21-9-24(28)10-23(19(21)3)16-30-7-8-31(18(2)15-30)27(33)22-11-25(12-22)34-4/h5-6,9-10,14,18,22,25H,7-8,11-13,15-16H2,1-4H3/t18-,22?,25?/m0/s1. The fourth-order valence-corrected chi connectivity index (χ4v) is 4.99. The van der Waals surface area contributed by atoms with Gasteiger partial charge in [0.2, 0.25) is 5.91 Å². The number of rotatable bonds is 7. The number of ether oxygens (including phenoxy) is 1. The lowest BCUT2D eigenvalue weighted by Gasteiger charge is -2.44. The van der Waals surface area contributed by atoms with Gasteiger partial charge >= 0.3 is 0 Å². The van der Waals surface area contributed by atoms with Crippen molar-refractivity contribution in [3.8, 4) is 0 Å². The molecule has 1 aromatic heterocycles. The summed E-state index contributed by atoms with van der Waals surface area (Å²) in [4.78, 5) is 34.1. The summed E-state index contributed by atoms with van der Waals surface area (Å²) in [6.45, 7) is 8.66. The minimum atomic E-state index is -0.329. The van der Waals surface area contributed by atoms with Crippen molar-refractivity contribution in [1.82, 2.24) is 14.8 Å². The van der Waals surface area contributed by atoms with Gasteiger partial charge in [0.15, 0.2) is 5.78 Å². The molecule has 182 valence electrons. The zero-order chi connectivity index (χ0) is 24.4. The van der Waals surface area contributed by atoms with Crippen LogP contribution in [-0.2, 0) is 22.5 Å². The van der Waals surface area contributed by atoms with Crippen LogP contribution in [0, 0.1) is 25.6 Å². The van der Waals surface area contributed by atoms with Crippen LogP contribution in [0.5, 0.6) is 0 Å². The molecule has 1 saturated heterocycles. The van der Waals surface area contributed by atoms with Crippen molar-refractivity contribution in [2.75, 3.05) is 26.7 Å². The Morgan fingerprint density at radius 2 is 1.88 bits per heavy atom. The van der Waals surface area contributed by atoms with Gasteiger partial charge in [0, 0.05) is 69.1 Å². The number of benzene rings is 1. The quantitative estimate of drug-likeness (QED) is 0.581. The summed E-state index contributed by atoms with van der Waals surface area (Å²) in [5.41, 5.74) is 3.93. The highest BCUT2D eigenvalue weighted by molar-refractivity contribution is 5.97. The first-order valence-electron chi connectivity index (χ1n) is 12.0. The van der Waals surface area contributed by atoms with Gasteiger partial charge in [-0.2, -0.15) is 0 Å². The molecule has 7 heteroatoms. The Labute approximate surface area is 201 Å². The molecule has 1 atom stereocenters. The summed E-state index contributed by atoms with van der Waals surface area (Å²) in [6, 6.07) is 6.71. The van der Waals surface area contributed by atoms with Crippen LogP contribution in [0.25, 0.3) is 0 Å². The second kappa shape index (κ2) is 10.3. The molecular weight excluding hydrogens is 433 g/mol. The van der Waals surface area contributed by atoms with Crippen molar-refractivity contribution in [2.45, 2.75) is 58.7 Å². The van der Waals surface area contributed by atoms with Crippen LogP contribution in [0.2, 0.25) is 0 Å². The van der Waals surface area contributed by atoms with E-state index in [1.807, 2.05) is 24.8 Å². The third-order valence-corrected chi connectivity index (χ3v) is 7.34. The number of methoxy groups -OCH3 is 1. The lowest BCUT2D eigenvalue weighted by Crippen LogP contribution is -2.56. The minimum Gasteiger partial charge on any atom is -0.381 e. The molecule has 4 rings (SSSR count). The van der Waals surface area contributed by atoms with E-state index in [0.29, 0.717) is 24.2 Å². The van der Waals surface area contributed by atoms with Gasteiger partial charge in [-0.15, -0.1) is 0 Å². The van der Waals surface area contributed by atoms with Gasteiger partial charge < -0.3 is 9.64 Å². The summed E-state index contributed by atoms with van der Waals surface area (Å²) in [5, 5.41) is 0. The molecule has 2 aromatic rings.